The van der Waals surface area contributed by atoms with Crippen molar-refractivity contribution < 1.29 is 12.6 Å². The van der Waals surface area contributed by atoms with Gasteiger partial charge in [-0.25, -0.2) is 0 Å². The topological polar surface area (TPSA) is 35.5 Å². The molecule has 3 nitrogen and oxygen atoms in total. The normalized spacial score (nSPS) is 13.4. The van der Waals surface area contributed by atoms with Crippen molar-refractivity contribution in [1.29, 1.82) is 0 Å². The van der Waals surface area contributed by atoms with Gasteiger partial charge in [0, 0.05) is 11.8 Å². The van der Waals surface area contributed by atoms with Crippen LogP contribution in [0.2, 0.25) is 0 Å². The van der Waals surface area contributed by atoms with Crippen molar-refractivity contribution in [2.24, 2.45) is 0 Å². The average molecular weight is 287 g/mol. The standard InChI is InChI=1S/C10H16Cl2O3S/c11-7-3-1-5-9-14-16(13)15-10-6-2-4-8-12/h5-6,9-10H,1-4,7-8H2. The van der Waals surface area contributed by atoms with E-state index in [0.29, 0.717) is 11.8 Å². The van der Waals surface area contributed by atoms with Crippen LogP contribution in [-0.2, 0) is 19.7 Å². The Kier molecular flexibility index (Phi) is 12.7. The van der Waals surface area contributed by atoms with Crippen LogP contribution in [0.25, 0.3) is 0 Å². The fourth-order valence-corrected chi connectivity index (χ4v) is 1.41. The van der Waals surface area contributed by atoms with Crippen LogP contribution < -0.4 is 0 Å². The van der Waals surface area contributed by atoms with Crippen molar-refractivity contribution in [1.82, 2.24) is 0 Å². The van der Waals surface area contributed by atoms with E-state index in [1.807, 2.05) is 0 Å². The van der Waals surface area contributed by atoms with Gasteiger partial charge in [-0.1, -0.05) is 0 Å². The minimum Gasteiger partial charge on any atom is -0.379 e. The van der Waals surface area contributed by atoms with E-state index in [1.54, 1.807) is 12.2 Å². The lowest BCUT2D eigenvalue weighted by Gasteiger charge is -1.96. The molecule has 16 heavy (non-hydrogen) atoms. The van der Waals surface area contributed by atoms with Gasteiger partial charge in [0.15, 0.2) is 0 Å². The van der Waals surface area contributed by atoms with E-state index in [1.165, 1.54) is 12.5 Å². The molecule has 0 aromatic rings. The Labute approximate surface area is 109 Å². The molecule has 0 bridgehead atoms. The zero-order chi connectivity index (χ0) is 12.1. The summed E-state index contributed by atoms with van der Waals surface area (Å²) in [7, 11) is 0. The summed E-state index contributed by atoms with van der Waals surface area (Å²) in [6.07, 6.45) is 9.55. The molecule has 6 heteroatoms. The van der Waals surface area contributed by atoms with E-state index in [9.17, 15) is 4.21 Å². The molecule has 0 aromatic heterocycles. The molecule has 0 heterocycles. The van der Waals surface area contributed by atoms with Crippen LogP contribution in [0.3, 0.4) is 0 Å². The molecule has 0 aliphatic heterocycles. The molecule has 0 saturated heterocycles. The highest BCUT2D eigenvalue weighted by Gasteiger charge is 1.93. The van der Waals surface area contributed by atoms with Gasteiger partial charge in [0.05, 0.1) is 0 Å². The Morgan fingerprint density at radius 3 is 1.75 bits per heavy atom. The third-order valence-corrected chi connectivity index (χ3v) is 2.54. The van der Waals surface area contributed by atoms with Gasteiger partial charge in [0.2, 0.25) is 0 Å². The molecule has 0 atom stereocenters. The van der Waals surface area contributed by atoms with E-state index in [-0.39, 0.29) is 0 Å². The lowest BCUT2D eigenvalue weighted by molar-refractivity contribution is 0.392. The minimum atomic E-state index is -1.77. The van der Waals surface area contributed by atoms with Crippen LogP contribution >= 0.6 is 23.2 Å². The lowest BCUT2D eigenvalue weighted by Crippen LogP contribution is -1.91. The Hall–Kier alpha value is -0.190. The van der Waals surface area contributed by atoms with Gasteiger partial charge in [-0.05, 0) is 37.8 Å². The van der Waals surface area contributed by atoms with E-state index < -0.39 is 11.4 Å². The van der Waals surface area contributed by atoms with Crippen LogP contribution in [0.1, 0.15) is 25.7 Å². The molecule has 0 amide bonds. The highest BCUT2D eigenvalue weighted by molar-refractivity contribution is 7.75. The predicted molar refractivity (Wildman–Crippen MR) is 68.5 cm³/mol. The molecule has 0 N–H and O–H groups in total. The van der Waals surface area contributed by atoms with Gasteiger partial charge in [-0.3, -0.25) is 0 Å². The Balaban J connectivity index is 3.43. The molecule has 0 spiro atoms. The molecular formula is C10H16Cl2O3S. The van der Waals surface area contributed by atoms with Gasteiger partial charge in [0.25, 0.3) is 0 Å². The molecule has 0 aromatic carbocycles. The number of unbranched alkanes of at least 4 members (excludes halogenated alkanes) is 2. The number of allylic oxidation sites excluding steroid dienone is 2. The fourth-order valence-electron chi connectivity index (χ4n) is 0.718. The van der Waals surface area contributed by atoms with Crippen molar-refractivity contribution in [2.45, 2.75) is 25.7 Å². The number of halogens is 2. The average Bonchev–Trinajstić information content (AvgIpc) is 2.28. The molecular weight excluding hydrogens is 271 g/mol. The summed E-state index contributed by atoms with van der Waals surface area (Å²) in [5.74, 6) is 1.21. The van der Waals surface area contributed by atoms with Gasteiger partial charge in [-0.2, -0.15) is 4.21 Å². The molecule has 0 aliphatic rings. The second-order valence-corrected chi connectivity index (χ2v) is 4.35. The van der Waals surface area contributed by atoms with E-state index in [0.717, 1.165) is 25.7 Å². The second-order valence-electron chi connectivity index (χ2n) is 2.80. The van der Waals surface area contributed by atoms with Crippen LogP contribution in [-0.4, -0.2) is 16.0 Å². The highest BCUT2D eigenvalue weighted by Crippen LogP contribution is 1.98. The Morgan fingerprint density at radius 1 is 0.938 bits per heavy atom. The zero-order valence-corrected chi connectivity index (χ0v) is 11.3. The monoisotopic (exact) mass is 286 g/mol. The zero-order valence-electron chi connectivity index (χ0n) is 8.94. The van der Waals surface area contributed by atoms with Crippen molar-refractivity contribution in [3.63, 3.8) is 0 Å². The summed E-state index contributed by atoms with van der Waals surface area (Å²) in [5, 5.41) is 0. The fraction of sp³-hybridized carbons (Fsp3) is 0.600. The van der Waals surface area contributed by atoms with Crippen molar-refractivity contribution in [3.05, 3.63) is 24.7 Å². The number of rotatable bonds is 10. The molecule has 94 valence electrons. The number of alkyl halides is 2. The predicted octanol–water partition coefficient (Wildman–Crippen LogP) is 3.66. The summed E-state index contributed by atoms with van der Waals surface area (Å²) >= 11 is 9.18. The first-order valence-corrected chi connectivity index (χ1v) is 7.06. The summed E-state index contributed by atoms with van der Waals surface area (Å²) in [6, 6.07) is 0. The number of hydrogen-bond acceptors (Lipinski definition) is 3. The maximum Gasteiger partial charge on any atom is 0.416 e. The van der Waals surface area contributed by atoms with Crippen LogP contribution in [0.5, 0.6) is 0 Å². The summed E-state index contributed by atoms with van der Waals surface area (Å²) in [6.45, 7) is 0. The quantitative estimate of drug-likeness (QED) is 0.349. The van der Waals surface area contributed by atoms with Gasteiger partial charge in [-0.15, -0.1) is 23.2 Å². The second kappa shape index (κ2) is 12.9. The molecule has 0 saturated carbocycles. The molecule has 0 unspecified atom stereocenters. The molecule has 0 rings (SSSR count). The van der Waals surface area contributed by atoms with Crippen LogP contribution in [0.15, 0.2) is 24.7 Å². The van der Waals surface area contributed by atoms with Crippen molar-refractivity contribution in [3.8, 4) is 0 Å². The van der Waals surface area contributed by atoms with Gasteiger partial charge >= 0.3 is 11.4 Å². The maximum atomic E-state index is 11.0. The SMILES string of the molecule is O=S(OC=CCCCCl)OC=CCCCCl. The lowest BCUT2D eigenvalue weighted by atomic mass is 10.3. The first-order valence-electron chi connectivity index (χ1n) is 4.99. The third-order valence-electron chi connectivity index (χ3n) is 1.47. The first kappa shape index (κ1) is 15.8. The first-order chi connectivity index (χ1) is 7.81. The van der Waals surface area contributed by atoms with E-state index in [4.69, 9.17) is 31.6 Å². The van der Waals surface area contributed by atoms with Crippen molar-refractivity contribution in [2.75, 3.05) is 11.8 Å². The minimum absolute atomic E-state index is 0.604. The van der Waals surface area contributed by atoms with Crippen molar-refractivity contribution >= 4 is 34.6 Å². The summed E-state index contributed by atoms with van der Waals surface area (Å²) in [5.41, 5.74) is 0. The van der Waals surface area contributed by atoms with Crippen LogP contribution in [0, 0.1) is 0 Å². The highest BCUT2D eigenvalue weighted by atomic mass is 35.5. The number of hydrogen-bond donors (Lipinski definition) is 0. The van der Waals surface area contributed by atoms with E-state index in [2.05, 4.69) is 0 Å². The molecule has 0 fully saturated rings. The maximum absolute atomic E-state index is 11.0. The van der Waals surface area contributed by atoms with E-state index >= 15 is 0 Å². The third kappa shape index (κ3) is 11.9. The molecule has 0 radical (unpaired) electrons. The largest absolute Gasteiger partial charge is 0.416 e. The Bertz CT molecular complexity index is 210. The van der Waals surface area contributed by atoms with Crippen LogP contribution in [0.4, 0.5) is 0 Å². The molecule has 0 aliphatic carbocycles. The summed E-state index contributed by atoms with van der Waals surface area (Å²) < 4.78 is 20.5. The van der Waals surface area contributed by atoms with Gasteiger partial charge < -0.3 is 8.37 Å². The summed E-state index contributed by atoms with van der Waals surface area (Å²) in [4.78, 5) is 0. The smallest absolute Gasteiger partial charge is 0.379 e. The Morgan fingerprint density at radius 2 is 1.38 bits per heavy atom. The van der Waals surface area contributed by atoms with Gasteiger partial charge in [0.1, 0.15) is 12.5 Å².